The highest BCUT2D eigenvalue weighted by atomic mass is 16.4. The lowest BCUT2D eigenvalue weighted by Crippen LogP contribution is -2.44. The number of rotatable bonds is 5. The molecule has 134 valence electrons. The second-order valence-corrected chi connectivity index (χ2v) is 6.67. The Morgan fingerprint density at radius 1 is 1.13 bits per heavy atom. The number of carbonyl (C=O) groups excluding carboxylic acids is 1. The number of amides is 1. The minimum atomic E-state index is -0.833. The summed E-state index contributed by atoms with van der Waals surface area (Å²) in [6.07, 6.45) is 8.91. The lowest BCUT2D eigenvalue weighted by molar-refractivity contribution is -0.134. The van der Waals surface area contributed by atoms with E-state index in [9.17, 15) is 9.90 Å². The zero-order valence-corrected chi connectivity index (χ0v) is 14.2. The van der Waals surface area contributed by atoms with E-state index in [2.05, 4.69) is 10.6 Å². The number of piperidine rings is 1. The fourth-order valence-corrected chi connectivity index (χ4v) is 3.46. The average Bonchev–Trinajstić information content (AvgIpc) is 2.54. The monoisotopic (exact) mass is 328 g/mol. The Labute approximate surface area is 139 Å². The highest BCUT2D eigenvalue weighted by molar-refractivity contribution is 5.76. The summed E-state index contributed by atoms with van der Waals surface area (Å²) in [6.45, 7) is 3.23. The van der Waals surface area contributed by atoms with E-state index in [0.717, 1.165) is 45.7 Å². The van der Waals surface area contributed by atoms with Gasteiger partial charge in [0, 0.05) is 13.3 Å². The summed E-state index contributed by atoms with van der Waals surface area (Å²) in [6, 6.07) is -0.0190. The molecule has 0 spiro atoms. The van der Waals surface area contributed by atoms with Gasteiger partial charge in [0.2, 0.25) is 5.91 Å². The van der Waals surface area contributed by atoms with Gasteiger partial charge in [0.15, 0.2) is 0 Å². The summed E-state index contributed by atoms with van der Waals surface area (Å²) in [5, 5.41) is 23.3. The molecule has 1 saturated carbocycles. The Bertz CT molecular complexity index is 347. The molecule has 1 heterocycles. The van der Waals surface area contributed by atoms with Gasteiger partial charge in [-0.3, -0.25) is 9.59 Å². The summed E-state index contributed by atoms with van der Waals surface area (Å²) < 4.78 is 0. The molecule has 2 fully saturated rings. The minimum Gasteiger partial charge on any atom is -0.481 e. The number of aliphatic hydroxyl groups excluding tert-OH is 1. The zero-order valence-electron chi connectivity index (χ0n) is 14.2. The van der Waals surface area contributed by atoms with Crippen LogP contribution in [0, 0.1) is 11.8 Å². The standard InChI is InChI=1S/C15H28N2O2.C2H4O2/c18-11-14(13-4-2-1-3-5-13)17-15(19)10-12-6-8-16-9-7-12;1-2(3)4/h12-14,16,18H,1-11H2,(H,17,19);1H3,(H,3,4)/t14-;/m1./s1. The van der Waals surface area contributed by atoms with Crippen molar-refractivity contribution in [1.82, 2.24) is 10.6 Å². The first-order valence-electron chi connectivity index (χ1n) is 8.83. The molecule has 0 aromatic carbocycles. The maximum Gasteiger partial charge on any atom is 0.300 e. The van der Waals surface area contributed by atoms with E-state index >= 15 is 0 Å². The lowest BCUT2D eigenvalue weighted by Gasteiger charge is -2.30. The van der Waals surface area contributed by atoms with Crippen molar-refractivity contribution in [2.24, 2.45) is 11.8 Å². The van der Waals surface area contributed by atoms with E-state index in [0.29, 0.717) is 18.3 Å². The van der Waals surface area contributed by atoms with Crippen LogP contribution in [-0.4, -0.2) is 47.8 Å². The number of aliphatic hydroxyl groups is 1. The molecule has 6 nitrogen and oxygen atoms in total. The summed E-state index contributed by atoms with van der Waals surface area (Å²) in [7, 11) is 0. The molecule has 2 rings (SSSR count). The number of hydrogen-bond donors (Lipinski definition) is 4. The van der Waals surface area contributed by atoms with Crippen molar-refractivity contribution in [2.45, 2.75) is 64.3 Å². The SMILES string of the molecule is CC(=O)O.O=C(CC1CCNCC1)N[C@H](CO)C1CCCCC1. The van der Waals surface area contributed by atoms with Gasteiger partial charge in [0.05, 0.1) is 12.6 Å². The van der Waals surface area contributed by atoms with Crippen LogP contribution in [0.1, 0.15) is 58.3 Å². The normalized spacial score (nSPS) is 21.0. The number of carbonyl (C=O) groups is 2. The molecule has 0 aromatic rings. The maximum absolute atomic E-state index is 12.1. The Morgan fingerprint density at radius 3 is 2.22 bits per heavy atom. The molecular formula is C17H32N2O4. The van der Waals surface area contributed by atoms with Crippen molar-refractivity contribution < 1.29 is 19.8 Å². The van der Waals surface area contributed by atoms with Crippen molar-refractivity contribution in [1.29, 1.82) is 0 Å². The van der Waals surface area contributed by atoms with Gasteiger partial charge in [0.1, 0.15) is 0 Å². The van der Waals surface area contributed by atoms with E-state index in [4.69, 9.17) is 9.90 Å². The first kappa shape index (κ1) is 19.9. The lowest BCUT2D eigenvalue weighted by atomic mass is 9.84. The quantitative estimate of drug-likeness (QED) is 0.613. The molecule has 4 N–H and O–H groups in total. The third-order valence-electron chi connectivity index (χ3n) is 4.69. The average molecular weight is 328 g/mol. The van der Waals surface area contributed by atoms with Crippen LogP contribution in [0.5, 0.6) is 0 Å². The van der Waals surface area contributed by atoms with Crippen LogP contribution in [0.3, 0.4) is 0 Å². The third kappa shape index (κ3) is 8.91. The van der Waals surface area contributed by atoms with Crippen molar-refractivity contribution in [2.75, 3.05) is 19.7 Å². The van der Waals surface area contributed by atoms with Crippen molar-refractivity contribution >= 4 is 11.9 Å². The van der Waals surface area contributed by atoms with Crippen molar-refractivity contribution in [3.8, 4) is 0 Å². The molecule has 0 radical (unpaired) electrons. The van der Waals surface area contributed by atoms with E-state index in [1.54, 1.807) is 0 Å². The van der Waals surface area contributed by atoms with E-state index in [1.165, 1.54) is 19.3 Å². The van der Waals surface area contributed by atoms with Crippen LogP contribution < -0.4 is 10.6 Å². The van der Waals surface area contributed by atoms with Gasteiger partial charge < -0.3 is 20.8 Å². The molecule has 1 amide bonds. The molecular weight excluding hydrogens is 296 g/mol. The number of aliphatic carboxylic acids is 1. The topological polar surface area (TPSA) is 98.7 Å². The zero-order chi connectivity index (χ0) is 17.1. The Balaban J connectivity index is 0.000000593. The van der Waals surface area contributed by atoms with Crippen molar-refractivity contribution in [3.63, 3.8) is 0 Å². The van der Waals surface area contributed by atoms with Crippen LogP contribution in [-0.2, 0) is 9.59 Å². The number of hydrogen-bond acceptors (Lipinski definition) is 4. The number of carboxylic acid groups (broad SMARTS) is 1. The molecule has 0 aromatic heterocycles. The predicted octanol–water partition coefficient (Wildman–Crippen LogP) is 1.52. The van der Waals surface area contributed by atoms with Gasteiger partial charge in [-0.25, -0.2) is 0 Å². The van der Waals surface area contributed by atoms with Gasteiger partial charge >= 0.3 is 0 Å². The van der Waals surface area contributed by atoms with Crippen LogP contribution in [0.25, 0.3) is 0 Å². The fraction of sp³-hybridized carbons (Fsp3) is 0.882. The Kier molecular flexibility index (Phi) is 9.87. The van der Waals surface area contributed by atoms with Crippen LogP contribution >= 0.6 is 0 Å². The Hall–Kier alpha value is -1.14. The first-order chi connectivity index (χ1) is 11.0. The highest BCUT2D eigenvalue weighted by Gasteiger charge is 2.25. The maximum atomic E-state index is 12.1. The van der Waals surface area contributed by atoms with Gasteiger partial charge in [-0.15, -0.1) is 0 Å². The fourth-order valence-electron chi connectivity index (χ4n) is 3.46. The smallest absolute Gasteiger partial charge is 0.300 e. The highest BCUT2D eigenvalue weighted by Crippen LogP contribution is 2.26. The second kappa shape index (κ2) is 11.4. The van der Waals surface area contributed by atoms with Crippen LogP contribution in [0.15, 0.2) is 0 Å². The minimum absolute atomic E-state index is 0.0190. The second-order valence-electron chi connectivity index (χ2n) is 6.67. The van der Waals surface area contributed by atoms with Gasteiger partial charge in [-0.2, -0.15) is 0 Å². The molecule has 23 heavy (non-hydrogen) atoms. The molecule has 1 saturated heterocycles. The summed E-state index contributed by atoms with van der Waals surface area (Å²) in [5.41, 5.74) is 0. The molecule has 1 aliphatic heterocycles. The number of carboxylic acids is 1. The summed E-state index contributed by atoms with van der Waals surface area (Å²) in [4.78, 5) is 21.1. The van der Waals surface area contributed by atoms with Crippen LogP contribution in [0.2, 0.25) is 0 Å². The van der Waals surface area contributed by atoms with Crippen LogP contribution in [0.4, 0.5) is 0 Å². The third-order valence-corrected chi connectivity index (χ3v) is 4.69. The molecule has 1 aliphatic carbocycles. The van der Waals surface area contributed by atoms with E-state index in [1.807, 2.05) is 0 Å². The molecule has 2 aliphatic rings. The largest absolute Gasteiger partial charge is 0.481 e. The van der Waals surface area contributed by atoms with Crippen molar-refractivity contribution in [3.05, 3.63) is 0 Å². The number of nitrogens with one attached hydrogen (secondary N) is 2. The van der Waals surface area contributed by atoms with E-state index in [-0.39, 0.29) is 18.6 Å². The van der Waals surface area contributed by atoms with E-state index < -0.39 is 5.97 Å². The molecule has 1 atom stereocenters. The molecule has 6 heteroatoms. The van der Waals surface area contributed by atoms with Gasteiger partial charge in [0.25, 0.3) is 5.97 Å². The molecule has 0 bridgehead atoms. The predicted molar refractivity (Wildman–Crippen MR) is 89.1 cm³/mol. The molecule has 0 unspecified atom stereocenters. The van der Waals surface area contributed by atoms with Gasteiger partial charge in [-0.05, 0) is 50.6 Å². The summed E-state index contributed by atoms with van der Waals surface area (Å²) >= 11 is 0. The van der Waals surface area contributed by atoms with Gasteiger partial charge in [-0.1, -0.05) is 19.3 Å². The summed E-state index contributed by atoms with van der Waals surface area (Å²) in [5.74, 6) is 0.305. The Morgan fingerprint density at radius 2 is 1.70 bits per heavy atom. The first-order valence-corrected chi connectivity index (χ1v) is 8.83.